The van der Waals surface area contributed by atoms with Gasteiger partial charge in [-0.3, -0.25) is 4.79 Å². The molecule has 1 amide bonds. The lowest BCUT2D eigenvalue weighted by molar-refractivity contribution is 0.0949. The van der Waals surface area contributed by atoms with Crippen LogP contribution in [-0.4, -0.2) is 29.0 Å². The number of nitrogens with zero attached hydrogens (tertiary/aromatic N) is 2. The van der Waals surface area contributed by atoms with Crippen molar-refractivity contribution in [2.24, 2.45) is 5.73 Å². The Kier molecular flexibility index (Phi) is 6.11. The predicted molar refractivity (Wildman–Crippen MR) is 55.7 cm³/mol. The van der Waals surface area contributed by atoms with Crippen LogP contribution >= 0.6 is 24.0 Å². The second-order valence-electron chi connectivity index (χ2n) is 2.27. The van der Waals surface area contributed by atoms with Gasteiger partial charge in [0.05, 0.1) is 12.4 Å². The molecule has 0 bridgehead atoms. The lowest BCUT2D eigenvalue weighted by Crippen LogP contribution is -2.29. The molecule has 14 heavy (non-hydrogen) atoms. The van der Waals surface area contributed by atoms with Gasteiger partial charge in [-0.15, -0.1) is 12.4 Å². The predicted octanol–water partition coefficient (Wildman–Crippen LogP) is 0.240. The van der Waals surface area contributed by atoms with Crippen molar-refractivity contribution in [1.29, 1.82) is 0 Å². The van der Waals surface area contributed by atoms with Gasteiger partial charge in [-0.05, 0) is 0 Å². The van der Waals surface area contributed by atoms with E-state index < -0.39 is 0 Å². The Morgan fingerprint density at radius 1 is 1.50 bits per heavy atom. The minimum absolute atomic E-state index is 0. The number of nitrogens with one attached hydrogen (secondary N) is 1. The molecule has 78 valence electrons. The SMILES string of the molecule is Cl.NCCNC(=O)c1cnc(Cl)cn1. The fourth-order valence-electron chi connectivity index (χ4n) is 0.706. The van der Waals surface area contributed by atoms with Crippen LogP contribution in [0.2, 0.25) is 5.15 Å². The monoisotopic (exact) mass is 236 g/mol. The van der Waals surface area contributed by atoms with Crippen LogP contribution in [0, 0.1) is 0 Å². The number of amides is 1. The van der Waals surface area contributed by atoms with Gasteiger partial charge in [0.2, 0.25) is 0 Å². The first kappa shape index (κ1) is 13.1. The number of hydrogen-bond acceptors (Lipinski definition) is 4. The van der Waals surface area contributed by atoms with Crippen LogP contribution in [0.3, 0.4) is 0 Å². The normalized spacial score (nSPS) is 9.00. The summed E-state index contributed by atoms with van der Waals surface area (Å²) in [5.41, 5.74) is 5.44. The third-order valence-electron chi connectivity index (χ3n) is 1.28. The van der Waals surface area contributed by atoms with Crippen molar-refractivity contribution >= 4 is 29.9 Å². The van der Waals surface area contributed by atoms with Gasteiger partial charge in [0.25, 0.3) is 5.91 Å². The zero-order valence-corrected chi connectivity index (χ0v) is 8.81. The van der Waals surface area contributed by atoms with E-state index in [1.807, 2.05) is 0 Å². The molecule has 1 heterocycles. The highest BCUT2D eigenvalue weighted by Crippen LogP contribution is 2.00. The lowest BCUT2D eigenvalue weighted by atomic mass is 10.4. The number of rotatable bonds is 3. The van der Waals surface area contributed by atoms with Crippen molar-refractivity contribution in [2.75, 3.05) is 13.1 Å². The highest BCUT2D eigenvalue weighted by atomic mass is 35.5. The number of nitrogens with two attached hydrogens (primary N) is 1. The fourth-order valence-corrected chi connectivity index (χ4v) is 0.803. The van der Waals surface area contributed by atoms with Crippen molar-refractivity contribution < 1.29 is 4.79 Å². The Bertz CT molecular complexity index is 290. The molecule has 0 aromatic carbocycles. The van der Waals surface area contributed by atoms with E-state index >= 15 is 0 Å². The number of carbonyl (C=O) groups is 1. The highest BCUT2D eigenvalue weighted by molar-refractivity contribution is 6.29. The number of carbonyl (C=O) groups excluding carboxylic acids is 1. The first-order chi connectivity index (χ1) is 6.24. The smallest absolute Gasteiger partial charge is 0.271 e. The Labute approximate surface area is 92.5 Å². The maximum Gasteiger partial charge on any atom is 0.271 e. The standard InChI is InChI=1S/C7H9ClN4O.ClH/c8-6-4-11-5(3-12-6)7(13)10-2-1-9;/h3-4H,1-2,9H2,(H,10,13);1H. The number of aromatic nitrogens is 2. The molecule has 0 aliphatic carbocycles. The van der Waals surface area contributed by atoms with Crippen LogP contribution in [0.15, 0.2) is 12.4 Å². The van der Waals surface area contributed by atoms with Crippen LogP contribution in [0.25, 0.3) is 0 Å². The van der Waals surface area contributed by atoms with E-state index in [2.05, 4.69) is 15.3 Å². The van der Waals surface area contributed by atoms with Gasteiger partial charge in [0.1, 0.15) is 10.8 Å². The van der Waals surface area contributed by atoms with Crippen molar-refractivity contribution in [1.82, 2.24) is 15.3 Å². The zero-order valence-electron chi connectivity index (χ0n) is 7.24. The second-order valence-corrected chi connectivity index (χ2v) is 2.66. The maximum atomic E-state index is 11.2. The van der Waals surface area contributed by atoms with Gasteiger partial charge >= 0.3 is 0 Å². The van der Waals surface area contributed by atoms with Gasteiger partial charge in [0, 0.05) is 13.1 Å². The summed E-state index contributed by atoms with van der Waals surface area (Å²) in [7, 11) is 0. The van der Waals surface area contributed by atoms with Gasteiger partial charge in [-0.25, -0.2) is 9.97 Å². The summed E-state index contributed by atoms with van der Waals surface area (Å²) in [5, 5.41) is 2.82. The van der Waals surface area contributed by atoms with Crippen LogP contribution in [-0.2, 0) is 0 Å². The molecule has 0 fully saturated rings. The molecule has 0 saturated heterocycles. The minimum atomic E-state index is -0.297. The Morgan fingerprint density at radius 3 is 2.71 bits per heavy atom. The van der Waals surface area contributed by atoms with Crippen molar-refractivity contribution in [2.45, 2.75) is 0 Å². The van der Waals surface area contributed by atoms with E-state index in [-0.39, 0.29) is 29.2 Å². The van der Waals surface area contributed by atoms with Crippen molar-refractivity contribution in [3.8, 4) is 0 Å². The average Bonchev–Trinajstić information content (AvgIpc) is 2.15. The van der Waals surface area contributed by atoms with Gasteiger partial charge in [-0.2, -0.15) is 0 Å². The maximum absolute atomic E-state index is 11.2. The molecule has 1 aromatic rings. The van der Waals surface area contributed by atoms with E-state index in [9.17, 15) is 4.79 Å². The van der Waals surface area contributed by atoms with Crippen LogP contribution in [0.1, 0.15) is 10.5 Å². The van der Waals surface area contributed by atoms with E-state index in [0.717, 1.165) is 0 Å². The van der Waals surface area contributed by atoms with Crippen molar-refractivity contribution in [3.63, 3.8) is 0 Å². The molecule has 0 unspecified atom stereocenters. The molecule has 0 atom stereocenters. The Hall–Kier alpha value is -0.910. The summed E-state index contributed by atoms with van der Waals surface area (Å²) < 4.78 is 0. The third kappa shape index (κ3) is 3.87. The molecule has 1 aromatic heterocycles. The molecule has 0 aliphatic heterocycles. The second kappa shape index (κ2) is 6.53. The van der Waals surface area contributed by atoms with Crippen LogP contribution < -0.4 is 11.1 Å². The summed E-state index contributed by atoms with van der Waals surface area (Å²) in [6, 6.07) is 0. The molecule has 7 heteroatoms. The molecule has 1 rings (SSSR count). The topological polar surface area (TPSA) is 80.9 Å². The molecule has 5 nitrogen and oxygen atoms in total. The third-order valence-corrected chi connectivity index (χ3v) is 1.48. The molecule has 0 spiro atoms. The van der Waals surface area contributed by atoms with E-state index in [4.69, 9.17) is 17.3 Å². The summed E-state index contributed by atoms with van der Waals surface area (Å²) in [5.74, 6) is -0.297. The van der Waals surface area contributed by atoms with Gasteiger partial charge in [-0.1, -0.05) is 11.6 Å². The summed E-state index contributed by atoms with van der Waals surface area (Å²) in [6.07, 6.45) is 2.63. The summed E-state index contributed by atoms with van der Waals surface area (Å²) in [4.78, 5) is 18.7. The first-order valence-corrected chi connectivity index (χ1v) is 4.07. The first-order valence-electron chi connectivity index (χ1n) is 3.70. The van der Waals surface area contributed by atoms with E-state index in [1.165, 1.54) is 12.4 Å². The molecule has 0 saturated carbocycles. The minimum Gasteiger partial charge on any atom is -0.349 e. The zero-order chi connectivity index (χ0) is 9.68. The quantitative estimate of drug-likeness (QED) is 0.789. The summed E-state index contributed by atoms with van der Waals surface area (Å²) >= 11 is 5.50. The van der Waals surface area contributed by atoms with Crippen LogP contribution in [0.5, 0.6) is 0 Å². The van der Waals surface area contributed by atoms with E-state index in [0.29, 0.717) is 13.1 Å². The van der Waals surface area contributed by atoms with Crippen LogP contribution in [0.4, 0.5) is 0 Å². The molecule has 3 N–H and O–H groups in total. The molecule has 0 aliphatic rings. The Morgan fingerprint density at radius 2 is 2.21 bits per heavy atom. The molecular weight excluding hydrogens is 227 g/mol. The van der Waals surface area contributed by atoms with Gasteiger partial charge in [0.15, 0.2) is 0 Å². The lowest BCUT2D eigenvalue weighted by Gasteiger charge is -2.01. The van der Waals surface area contributed by atoms with Crippen molar-refractivity contribution in [3.05, 3.63) is 23.2 Å². The molecule has 0 radical (unpaired) electrons. The largest absolute Gasteiger partial charge is 0.349 e. The van der Waals surface area contributed by atoms with E-state index in [1.54, 1.807) is 0 Å². The summed E-state index contributed by atoms with van der Waals surface area (Å²) in [6.45, 7) is 0.815. The Balaban J connectivity index is 0.00000169. The van der Waals surface area contributed by atoms with Gasteiger partial charge < -0.3 is 11.1 Å². The molecular formula is C7H10Cl2N4O. The number of halogens is 2. The fraction of sp³-hybridized carbons (Fsp3) is 0.286. The number of hydrogen-bond donors (Lipinski definition) is 2. The average molecular weight is 237 g/mol. The highest BCUT2D eigenvalue weighted by Gasteiger charge is 2.05.